The molecule has 0 bridgehead atoms. The van der Waals surface area contributed by atoms with Crippen LogP contribution >= 0.6 is 0 Å². The van der Waals surface area contributed by atoms with E-state index in [9.17, 15) is 9.59 Å². The average molecular weight is 346 g/mol. The fraction of sp³-hybridized carbons (Fsp3) is 0.579. The maximum atomic E-state index is 12.2. The van der Waals surface area contributed by atoms with Crippen molar-refractivity contribution in [2.75, 3.05) is 31.2 Å². The van der Waals surface area contributed by atoms with Gasteiger partial charge in [-0.25, -0.2) is 0 Å². The number of aliphatic carboxylic acids is 1. The van der Waals surface area contributed by atoms with Crippen molar-refractivity contribution in [3.05, 3.63) is 29.8 Å². The van der Waals surface area contributed by atoms with Crippen molar-refractivity contribution >= 4 is 17.6 Å². The van der Waals surface area contributed by atoms with Gasteiger partial charge in [-0.1, -0.05) is 18.2 Å². The third-order valence-electron chi connectivity index (χ3n) is 5.03. The highest BCUT2D eigenvalue weighted by atomic mass is 16.5. The minimum Gasteiger partial charge on any atom is -0.481 e. The number of para-hydroxylation sites is 1. The fourth-order valence-electron chi connectivity index (χ4n) is 3.65. The molecule has 1 aliphatic heterocycles. The quantitative estimate of drug-likeness (QED) is 0.787. The van der Waals surface area contributed by atoms with Gasteiger partial charge in [-0.3, -0.25) is 9.59 Å². The van der Waals surface area contributed by atoms with Crippen molar-refractivity contribution in [2.24, 2.45) is 5.92 Å². The highest BCUT2D eigenvalue weighted by Gasteiger charge is 2.31. The first-order chi connectivity index (χ1) is 12.1. The Bertz CT molecular complexity index is 607. The van der Waals surface area contributed by atoms with Crippen LogP contribution in [0.5, 0.6) is 0 Å². The number of rotatable bonds is 7. The molecule has 1 amide bonds. The summed E-state index contributed by atoms with van der Waals surface area (Å²) >= 11 is 0. The molecule has 0 unspecified atom stereocenters. The minimum atomic E-state index is -0.755. The minimum absolute atomic E-state index is 0.0514. The number of morpholine rings is 1. The number of aryl methyl sites for hydroxylation is 1. The molecule has 1 aromatic carbocycles. The van der Waals surface area contributed by atoms with Gasteiger partial charge in [-0.15, -0.1) is 0 Å². The number of carboxylic acids is 1. The monoisotopic (exact) mass is 346 g/mol. The molecule has 25 heavy (non-hydrogen) atoms. The molecule has 3 rings (SSSR count). The lowest BCUT2D eigenvalue weighted by Gasteiger charge is -2.35. The topological polar surface area (TPSA) is 78.9 Å². The predicted molar refractivity (Wildman–Crippen MR) is 94.7 cm³/mol. The Morgan fingerprint density at radius 2 is 1.92 bits per heavy atom. The molecule has 1 aromatic rings. The van der Waals surface area contributed by atoms with Crippen LogP contribution in [-0.2, 0) is 20.7 Å². The number of amides is 1. The molecule has 2 aliphatic rings. The van der Waals surface area contributed by atoms with E-state index in [1.165, 1.54) is 11.3 Å². The number of nitrogens with one attached hydrogen (secondary N) is 1. The smallest absolute Gasteiger partial charge is 0.303 e. The molecule has 1 heterocycles. The van der Waals surface area contributed by atoms with Crippen LogP contribution in [-0.4, -0.2) is 49.3 Å². The first-order valence-corrected chi connectivity index (χ1v) is 9.03. The molecule has 1 saturated heterocycles. The van der Waals surface area contributed by atoms with Gasteiger partial charge in [0.2, 0.25) is 5.91 Å². The molecule has 1 aliphatic carbocycles. The van der Waals surface area contributed by atoms with Gasteiger partial charge in [0.1, 0.15) is 0 Å². The number of hydrogen-bond donors (Lipinski definition) is 2. The highest BCUT2D eigenvalue weighted by molar-refractivity contribution is 5.77. The van der Waals surface area contributed by atoms with E-state index in [2.05, 4.69) is 22.3 Å². The summed E-state index contributed by atoms with van der Waals surface area (Å²) in [7, 11) is 0. The van der Waals surface area contributed by atoms with Crippen LogP contribution in [0.1, 0.15) is 31.2 Å². The Morgan fingerprint density at radius 3 is 2.64 bits per heavy atom. The lowest BCUT2D eigenvalue weighted by Crippen LogP contribution is -2.44. The fourth-order valence-corrected chi connectivity index (χ4v) is 3.65. The third-order valence-corrected chi connectivity index (χ3v) is 5.03. The molecule has 0 aromatic heterocycles. The third kappa shape index (κ3) is 4.95. The Labute approximate surface area is 148 Å². The maximum Gasteiger partial charge on any atom is 0.303 e. The summed E-state index contributed by atoms with van der Waals surface area (Å²) in [4.78, 5) is 25.1. The van der Waals surface area contributed by atoms with Crippen molar-refractivity contribution in [3.63, 3.8) is 0 Å². The average Bonchev–Trinajstić information content (AvgIpc) is 2.59. The predicted octanol–water partition coefficient (Wildman–Crippen LogP) is 1.83. The van der Waals surface area contributed by atoms with E-state index in [1.807, 2.05) is 12.1 Å². The van der Waals surface area contributed by atoms with Crippen LogP contribution < -0.4 is 10.2 Å². The van der Waals surface area contributed by atoms with Crippen molar-refractivity contribution in [1.82, 2.24) is 5.32 Å². The molecular formula is C19H26N2O4. The van der Waals surface area contributed by atoms with Gasteiger partial charge >= 0.3 is 5.97 Å². The molecule has 0 spiro atoms. The normalized spacial score (nSPS) is 23.0. The largest absolute Gasteiger partial charge is 0.481 e. The second kappa shape index (κ2) is 8.34. The van der Waals surface area contributed by atoms with E-state index in [0.717, 1.165) is 39.1 Å². The van der Waals surface area contributed by atoms with Crippen molar-refractivity contribution in [2.45, 2.75) is 38.1 Å². The standard InChI is InChI=1S/C19H26N2O4/c22-18(20-16-11-14(12-16)13-19(23)24)6-5-15-3-1-2-4-17(15)21-7-9-25-10-8-21/h1-4,14,16H,5-13H2,(H,20,22)(H,23,24). The van der Waals surface area contributed by atoms with Gasteiger partial charge in [0.05, 0.1) is 13.2 Å². The molecular weight excluding hydrogens is 320 g/mol. The number of anilines is 1. The van der Waals surface area contributed by atoms with Gasteiger partial charge in [0.25, 0.3) is 0 Å². The van der Waals surface area contributed by atoms with Gasteiger partial charge in [-0.05, 0) is 36.8 Å². The zero-order valence-electron chi connectivity index (χ0n) is 14.4. The summed E-state index contributed by atoms with van der Waals surface area (Å²) in [5.41, 5.74) is 2.39. The van der Waals surface area contributed by atoms with Crippen molar-refractivity contribution < 1.29 is 19.4 Å². The Hall–Kier alpha value is -2.08. The van der Waals surface area contributed by atoms with Crippen LogP contribution in [0.15, 0.2) is 24.3 Å². The summed E-state index contributed by atoms with van der Waals surface area (Å²) in [6, 6.07) is 8.39. The van der Waals surface area contributed by atoms with E-state index in [-0.39, 0.29) is 24.3 Å². The van der Waals surface area contributed by atoms with Crippen LogP contribution in [0.4, 0.5) is 5.69 Å². The van der Waals surface area contributed by atoms with Gasteiger partial charge in [0, 0.05) is 37.7 Å². The van der Waals surface area contributed by atoms with Crippen molar-refractivity contribution in [3.8, 4) is 0 Å². The first kappa shape index (κ1) is 17.7. The summed E-state index contributed by atoms with van der Waals surface area (Å²) < 4.78 is 5.41. The van der Waals surface area contributed by atoms with Gasteiger partial charge < -0.3 is 20.1 Å². The van der Waals surface area contributed by atoms with E-state index in [0.29, 0.717) is 12.8 Å². The first-order valence-electron chi connectivity index (χ1n) is 9.03. The molecule has 2 N–H and O–H groups in total. The molecule has 6 nitrogen and oxygen atoms in total. The number of benzene rings is 1. The zero-order chi connectivity index (χ0) is 17.6. The molecule has 6 heteroatoms. The van der Waals surface area contributed by atoms with E-state index >= 15 is 0 Å². The molecule has 2 fully saturated rings. The van der Waals surface area contributed by atoms with E-state index < -0.39 is 5.97 Å². The number of hydrogen-bond acceptors (Lipinski definition) is 4. The van der Waals surface area contributed by atoms with Crippen LogP contribution in [0.3, 0.4) is 0 Å². The van der Waals surface area contributed by atoms with E-state index in [4.69, 9.17) is 9.84 Å². The zero-order valence-corrected chi connectivity index (χ0v) is 14.4. The summed E-state index contributed by atoms with van der Waals surface area (Å²) in [5, 5.41) is 11.8. The SMILES string of the molecule is O=C(O)CC1CC(NC(=O)CCc2ccccc2N2CCOCC2)C1. The Kier molecular flexibility index (Phi) is 5.91. The van der Waals surface area contributed by atoms with Crippen LogP contribution in [0.2, 0.25) is 0 Å². The van der Waals surface area contributed by atoms with Gasteiger partial charge in [-0.2, -0.15) is 0 Å². The van der Waals surface area contributed by atoms with Crippen LogP contribution in [0, 0.1) is 5.92 Å². The maximum absolute atomic E-state index is 12.2. The Balaban J connectivity index is 1.46. The lowest BCUT2D eigenvalue weighted by molar-refractivity contribution is -0.139. The Morgan fingerprint density at radius 1 is 1.20 bits per heavy atom. The lowest BCUT2D eigenvalue weighted by atomic mass is 9.78. The highest BCUT2D eigenvalue weighted by Crippen LogP contribution is 2.30. The molecule has 136 valence electrons. The van der Waals surface area contributed by atoms with Gasteiger partial charge in [0.15, 0.2) is 0 Å². The number of carbonyl (C=O) groups excluding carboxylic acids is 1. The summed E-state index contributed by atoms with van der Waals surface area (Å²) in [6.07, 6.45) is 2.94. The molecule has 1 saturated carbocycles. The molecule has 0 atom stereocenters. The number of nitrogens with zero attached hydrogens (tertiary/aromatic N) is 1. The van der Waals surface area contributed by atoms with E-state index in [1.54, 1.807) is 0 Å². The second-order valence-corrected chi connectivity index (χ2v) is 6.93. The number of carboxylic acid groups (broad SMARTS) is 1. The van der Waals surface area contributed by atoms with Crippen molar-refractivity contribution in [1.29, 1.82) is 0 Å². The summed E-state index contributed by atoms with van der Waals surface area (Å²) in [6.45, 7) is 3.26. The number of ether oxygens (including phenoxy) is 1. The number of carbonyl (C=O) groups is 2. The molecule has 0 radical (unpaired) electrons. The summed E-state index contributed by atoms with van der Waals surface area (Å²) in [5.74, 6) is -0.491. The van der Waals surface area contributed by atoms with Crippen LogP contribution in [0.25, 0.3) is 0 Å². The second-order valence-electron chi connectivity index (χ2n) is 6.93.